The number of carbonyl (C=O) groups excluding carboxylic acids is 2. The zero-order valence-corrected chi connectivity index (χ0v) is 14.0. The number of hydrogen-bond donors (Lipinski definition) is 2. The first-order valence-electron chi connectivity index (χ1n) is 8.26. The molecule has 132 valence electrons. The van der Waals surface area contributed by atoms with E-state index in [1.54, 1.807) is 24.0 Å². The standard InChI is InChI=1S/C18H20FN3O3/c1-13-2-7-16(25-13)18(24)22-10-8-21(9-11-22)12-17(23)20-15-5-3-14(19)4-6-15/h2-7H,8-12H2,1H3,(H,20,23)/p+1. The quantitative estimate of drug-likeness (QED) is 0.857. The second-order valence-electron chi connectivity index (χ2n) is 6.18. The van der Waals surface area contributed by atoms with Gasteiger partial charge in [0.05, 0.1) is 26.2 Å². The van der Waals surface area contributed by atoms with Gasteiger partial charge in [-0.15, -0.1) is 0 Å². The number of carbonyl (C=O) groups is 2. The van der Waals surface area contributed by atoms with Crippen molar-refractivity contribution >= 4 is 17.5 Å². The van der Waals surface area contributed by atoms with E-state index in [2.05, 4.69) is 5.32 Å². The molecule has 0 spiro atoms. The van der Waals surface area contributed by atoms with Crippen LogP contribution in [0.2, 0.25) is 0 Å². The van der Waals surface area contributed by atoms with E-state index >= 15 is 0 Å². The molecule has 0 bridgehead atoms. The van der Waals surface area contributed by atoms with Crippen molar-refractivity contribution in [2.24, 2.45) is 0 Å². The number of piperazine rings is 1. The number of amides is 2. The smallest absolute Gasteiger partial charge is 0.289 e. The number of furan rings is 1. The van der Waals surface area contributed by atoms with Crippen LogP contribution in [0.25, 0.3) is 0 Å². The number of quaternary nitrogens is 1. The third kappa shape index (κ3) is 4.45. The van der Waals surface area contributed by atoms with Gasteiger partial charge in [-0.05, 0) is 43.3 Å². The highest BCUT2D eigenvalue weighted by Crippen LogP contribution is 2.10. The van der Waals surface area contributed by atoms with Crippen LogP contribution in [0, 0.1) is 12.7 Å². The van der Waals surface area contributed by atoms with Crippen LogP contribution in [-0.2, 0) is 4.79 Å². The van der Waals surface area contributed by atoms with Crippen LogP contribution in [0.3, 0.4) is 0 Å². The van der Waals surface area contributed by atoms with Crippen molar-refractivity contribution < 1.29 is 23.3 Å². The molecular formula is C18H21FN3O3+. The average Bonchev–Trinajstić information content (AvgIpc) is 3.03. The molecule has 0 saturated carbocycles. The number of hydrogen-bond acceptors (Lipinski definition) is 3. The van der Waals surface area contributed by atoms with Crippen molar-refractivity contribution in [2.45, 2.75) is 6.92 Å². The Morgan fingerprint density at radius 1 is 1.16 bits per heavy atom. The first-order valence-corrected chi connectivity index (χ1v) is 8.26. The molecule has 0 atom stereocenters. The van der Waals surface area contributed by atoms with Gasteiger partial charge >= 0.3 is 0 Å². The summed E-state index contributed by atoms with van der Waals surface area (Å²) in [6.07, 6.45) is 0. The average molecular weight is 346 g/mol. The molecule has 1 fully saturated rings. The molecule has 1 aliphatic rings. The summed E-state index contributed by atoms with van der Waals surface area (Å²) in [5.41, 5.74) is 0.577. The maximum Gasteiger partial charge on any atom is 0.289 e. The van der Waals surface area contributed by atoms with Crippen molar-refractivity contribution in [2.75, 3.05) is 38.0 Å². The summed E-state index contributed by atoms with van der Waals surface area (Å²) in [5.74, 6) is 0.502. The minimum Gasteiger partial charge on any atom is -0.456 e. The van der Waals surface area contributed by atoms with Gasteiger partial charge in [0.25, 0.3) is 11.8 Å². The highest BCUT2D eigenvalue weighted by molar-refractivity contribution is 5.92. The molecule has 6 nitrogen and oxygen atoms in total. The normalized spacial score (nSPS) is 15.2. The van der Waals surface area contributed by atoms with Gasteiger partial charge in [-0.25, -0.2) is 4.39 Å². The van der Waals surface area contributed by atoms with Gasteiger partial charge in [-0.2, -0.15) is 0 Å². The fraction of sp³-hybridized carbons (Fsp3) is 0.333. The van der Waals surface area contributed by atoms with E-state index < -0.39 is 0 Å². The van der Waals surface area contributed by atoms with Gasteiger partial charge in [0.2, 0.25) is 0 Å². The molecule has 0 radical (unpaired) electrons. The highest BCUT2D eigenvalue weighted by atomic mass is 19.1. The number of anilines is 1. The minimum atomic E-state index is -0.337. The predicted molar refractivity (Wildman–Crippen MR) is 89.9 cm³/mol. The molecule has 2 aromatic rings. The van der Waals surface area contributed by atoms with Gasteiger partial charge in [0.15, 0.2) is 12.3 Å². The predicted octanol–water partition coefficient (Wildman–Crippen LogP) is 0.707. The third-order valence-corrected chi connectivity index (χ3v) is 4.25. The van der Waals surface area contributed by atoms with Crippen LogP contribution >= 0.6 is 0 Å². The second kappa shape index (κ2) is 7.48. The summed E-state index contributed by atoms with van der Waals surface area (Å²) in [5, 5.41) is 2.76. The van der Waals surface area contributed by atoms with E-state index in [-0.39, 0.29) is 17.6 Å². The molecule has 7 heteroatoms. The van der Waals surface area contributed by atoms with Crippen LogP contribution in [0.15, 0.2) is 40.8 Å². The molecule has 3 rings (SSSR count). The van der Waals surface area contributed by atoms with E-state index in [0.29, 0.717) is 49.9 Å². The van der Waals surface area contributed by atoms with E-state index in [1.807, 2.05) is 0 Å². The number of nitrogens with one attached hydrogen (secondary N) is 2. The lowest BCUT2D eigenvalue weighted by molar-refractivity contribution is -0.895. The van der Waals surface area contributed by atoms with Crippen LogP contribution in [0.4, 0.5) is 10.1 Å². The van der Waals surface area contributed by atoms with Gasteiger partial charge in [-0.3, -0.25) is 9.59 Å². The lowest BCUT2D eigenvalue weighted by Crippen LogP contribution is -3.15. The second-order valence-corrected chi connectivity index (χ2v) is 6.18. The van der Waals surface area contributed by atoms with Gasteiger partial charge in [-0.1, -0.05) is 0 Å². The van der Waals surface area contributed by atoms with E-state index in [9.17, 15) is 14.0 Å². The first kappa shape index (κ1) is 17.2. The zero-order valence-electron chi connectivity index (χ0n) is 14.0. The van der Waals surface area contributed by atoms with Gasteiger partial charge < -0.3 is 19.5 Å². The molecule has 1 aliphatic heterocycles. The summed E-state index contributed by atoms with van der Waals surface area (Å²) >= 11 is 0. The van der Waals surface area contributed by atoms with Crippen molar-refractivity contribution in [3.63, 3.8) is 0 Å². The monoisotopic (exact) mass is 346 g/mol. The Kier molecular flexibility index (Phi) is 5.14. The first-order chi connectivity index (χ1) is 12.0. The molecule has 2 N–H and O–H groups in total. The Hall–Kier alpha value is -2.67. The Morgan fingerprint density at radius 3 is 2.44 bits per heavy atom. The largest absolute Gasteiger partial charge is 0.456 e. The van der Waals surface area contributed by atoms with Crippen molar-refractivity contribution in [3.8, 4) is 0 Å². The van der Waals surface area contributed by atoms with Crippen molar-refractivity contribution in [3.05, 3.63) is 53.7 Å². The molecule has 0 unspecified atom stereocenters. The van der Waals surface area contributed by atoms with Gasteiger partial charge in [0, 0.05) is 5.69 Å². The number of rotatable bonds is 4. The van der Waals surface area contributed by atoms with Gasteiger partial charge in [0.1, 0.15) is 11.6 Å². The molecule has 25 heavy (non-hydrogen) atoms. The molecular weight excluding hydrogens is 325 g/mol. The van der Waals surface area contributed by atoms with E-state index in [0.717, 1.165) is 4.90 Å². The van der Waals surface area contributed by atoms with Crippen LogP contribution in [-0.4, -0.2) is 49.4 Å². The Bertz CT molecular complexity index is 749. The fourth-order valence-corrected chi connectivity index (χ4v) is 2.87. The highest BCUT2D eigenvalue weighted by Gasteiger charge is 2.27. The summed E-state index contributed by atoms with van der Waals surface area (Å²) in [6.45, 7) is 4.68. The zero-order chi connectivity index (χ0) is 17.8. The molecule has 2 amide bonds. The van der Waals surface area contributed by atoms with Crippen molar-refractivity contribution in [1.82, 2.24) is 4.90 Å². The lowest BCUT2D eigenvalue weighted by Gasteiger charge is -2.31. The number of halogens is 1. The molecule has 1 saturated heterocycles. The van der Waals surface area contributed by atoms with Crippen molar-refractivity contribution in [1.29, 1.82) is 0 Å². The molecule has 0 aliphatic carbocycles. The number of nitrogens with zero attached hydrogens (tertiary/aromatic N) is 1. The Balaban J connectivity index is 1.46. The summed E-state index contributed by atoms with van der Waals surface area (Å²) < 4.78 is 18.2. The summed E-state index contributed by atoms with van der Waals surface area (Å²) in [7, 11) is 0. The maximum atomic E-state index is 12.9. The third-order valence-electron chi connectivity index (χ3n) is 4.25. The lowest BCUT2D eigenvalue weighted by atomic mass is 10.2. The summed E-state index contributed by atoms with van der Waals surface area (Å²) in [4.78, 5) is 27.3. The molecule has 1 aromatic heterocycles. The number of benzene rings is 1. The minimum absolute atomic E-state index is 0.108. The van der Waals surface area contributed by atoms with Crippen LogP contribution < -0.4 is 10.2 Å². The van der Waals surface area contributed by atoms with E-state index in [1.165, 1.54) is 24.3 Å². The van der Waals surface area contributed by atoms with Crippen LogP contribution in [0.1, 0.15) is 16.3 Å². The van der Waals surface area contributed by atoms with Crippen LogP contribution in [0.5, 0.6) is 0 Å². The Morgan fingerprint density at radius 2 is 1.84 bits per heavy atom. The van der Waals surface area contributed by atoms with E-state index in [4.69, 9.17) is 4.42 Å². The fourth-order valence-electron chi connectivity index (χ4n) is 2.87. The Labute approximate surface area is 145 Å². The molecule has 1 aromatic carbocycles. The molecule has 2 heterocycles. The summed E-state index contributed by atoms with van der Waals surface area (Å²) in [6, 6.07) is 9.14. The topological polar surface area (TPSA) is 67.0 Å². The maximum absolute atomic E-state index is 12.9. The number of aryl methyl sites for hydroxylation is 1. The SMILES string of the molecule is Cc1ccc(C(=O)N2CC[NH+](CC(=O)Nc3ccc(F)cc3)CC2)o1.